The second kappa shape index (κ2) is 40.2. The number of carbonyl (C=O) groups excluding carboxylic acids is 6. The van der Waals surface area contributed by atoms with Crippen molar-refractivity contribution in [3.8, 4) is 0 Å². The molecule has 26 heteroatoms. The smallest absolute Gasteiger partial charge is 0.550 e. The summed E-state index contributed by atoms with van der Waals surface area (Å²) in [4.78, 5) is 60.0. The molecule has 0 aromatic carbocycles. The van der Waals surface area contributed by atoms with Gasteiger partial charge in [0, 0.05) is 49.6 Å². The van der Waals surface area contributed by atoms with E-state index in [2.05, 4.69) is 0 Å². The van der Waals surface area contributed by atoms with Gasteiger partial charge in [0.05, 0.1) is 11.9 Å². The van der Waals surface area contributed by atoms with Crippen LogP contribution >= 0.6 is 0 Å². The third-order valence-corrected chi connectivity index (χ3v) is 2.51. The summed E-state index contributed by atoms with van der Waals surface area (Å²) in [7, 11) is 0. The van der Waals surface area contributed by atoms with Crippen molar-refractivity contribution in [2.75, 3.05) is 0 Å². The van der Waals surface area contributed by atoms with Crippen LogP contribution in [0, 0.1) is 0 Å². The summed E-state index contributed by atoms with van der Waals surface area (Å²) in [6.45, 7) is 0. The summed E-state index contributed by atoms with van der Waals surface area (Å²) in [5.41, 5.74) is -5.95. The molecule has 0 saturated carbocycles. The number of rotatable bonds is 10. The van der Waals surface area contributed by atoms with E-state index in [1.807, 2.05) is 0 Å². The first-order valence-corrected chi connectivity index (χ1v) is 6.23. The van der Waals surface area contributed by atoms with Gasteiger partial charge >= 0.3 is 69.2 Å². The zero-order valence-electron chi connectivity index (χ0n) is 19.2. The van der Waals surface area contributed by atoms with Crippen LogP contribution in [0.1, 0.15) is 25.7 Å². The zero-order chi connectivity index (χ0) is 21.3. The van der Waals surface area contributed by atoms with Crippen molar-refractivity contribution >= 4 is 105 Å². The molecule has 0 amide bonds. The Labute approximate surface area is 259 Å². The molecule has 0 aliphatic carbocycles. The van der Waals surface area contributed by atoms with E-state index in [9.17, 15) is 59.4 Å². The van der Waals surface area contributed by atoms with Crippen molar-refractivity contribution in [1.82, 2.24) is 0 Å². The van der Waals surface area contributed by atoms with Crippen molar-refractivity contribution in [3.05, 3.63) is 0 Å². The van der Waals surface area contributed by atoms with Gasteiger partial charge in [0.2, 0.25) is 0 Å². The fraction of sp³-hybridized carbons (Fsp3) is 0.500. The molecule has 0 radical (unpaired) electrons. The molecule has 0 fully saturated rings. The molecule has 0 heterocycles. The van der Waals surface area contributed by atoms with Crippen molar-refractivity contribution < 1.29 is 119 Å². The molecule has 0 spiro atoms. The predicted octanol–water partition coefficient (Wildman–Crippen LogP) is -19.1. The monoisotopic (exact) mass is 612 g/mol. The van der Waals surface area contributed by atoms with Crippen molar-refractivity contribution in [1.29, 1.82) is 0 Å². The molecule has 0 aromatic heterocycles. The maximum absolute atomic E-state index is 10.1. The number of aliphatic carboxylic acids is 6. The van der Waals surface area contributed by atoms with Crippen LogP contribution in [-0.4, -0.2) is 176 Å². The molecule has 220 valence electrons. The second-order valence-corrected chi connectivity index (χ2v) is 4.83. The summed E-state index contributed by atoms with van der Waals surface area (Å²) in [5.74, 6) is -12.0. The van der Waals surface area contributed by atoms with Crippen molar-refractivity contribution in [2.24, 2.45) is 0 Å². The third kappa shape index (κ3) is 41.8. The Morgan fingerprint density at radius 2 is 0.500 bits per heavy atom. The number of aliphatic hydroxyl groups is 2. The van der Waals surface area contributed by atoms with Crippen molar-refractivity contribution in [3.63, 3.8) is 0 Å². The first-order valence-electron chi connectivity index (χ1n) is 6.23. The maximum Gasteiger partial charge on any atom is 2.00 e. The van der Waals surface area contributed by atoms with Gasteiger partial charge in [0.1, 0.15) is 11.2 Å². The van der Waals surface area contributed by atoms with Crippen molar-refractivity contribution in [2.45, 2.75) is 36.9 Å². The Bertz CT molecular complexity index is 528. The normalized spacial score (nSPS) is 7.42. The van der Waals surface area contributed by atoms with E-state index in [0.717, 1.165) is 0 Å². The van der Waals surface area contributed by atoms with Crippen LogP contribution in [0.25, 0.3) is 0 Å². The summed E-state index contributed by atoms with van der Waals surface area (Å²) >= 11 is 0. The minimum Gasteiger partial charge on any atom is -0.550 e. The third-order valence-electron chi connectivity index (χ3n) is 2.51. The molecule has 0 unspecified atom stereocenters. The number of carbonyl (C=O) groups is 6. The van der Waals surface area contributed by atoms with Crippen LogP contribution in [0.5, 0.6) is 0 Å². The fourth-order valence-electron chi connectivity index (χ4n) is 1.37. The molecular weight excluding hydrogens is 585 g/mol. The topological polar surface area (TPSA) is 565 Å². The van der Waals surface area contributed by atoms with E-state index in [0.29, 0.717) is 0 Å². The number of hydrogen-bond donors (Lipinski definition) is 2. The molecule has 38 heavy (non-hydrogen) atoms. The van der Waals surface area contributed by atoms with Gasteiger partial charge < -0.3 is 119 Å². The molecule has 23 nitrogen and oxygen atoms in total. The van der Waals surface area contributed by atoms with Crippen LogP contribution in [0.3, 0.4) is 0 Å². The van der Waals surface area contributed by atoms with Gasteiger partial charge in [0.15, 0.2) is 0 Å². The Balaban J connectivity index is -0.0000000192. The van der Waals surface area contributed by atoms with E-state index in [-0.39, 0.29) is 118 Å². The Morgan fingerprint density at radius 1 is 0.395 bits per heavy atom. The predicted molar refractivity (Wildman–Crippen MR) is 108 cm³/mol. The Kier molecular flexibility index (Phi) is 96.0. The SMILES string of the molecule is O.O.O.O.O.O.O.O.O.O=C([O-])CC(O)(CC(=O)[O-])C(=O)[O-].O=C([O-])CC(O)(CC(=O)[O-])C(=O)[O-].[Mg+2].[Mg+2].[Mg+2]. The Hall–Kier alpha value is -1.32. The summed E-state index contributed by atoms with van der Waals surface area (Å²) in [6.07, 6.45) is -5.43. The first-order chi connectivity index (χ1) is 11.6. The minimum atomic E-state index is -2.97. The van der Waals surface area contributed by atoms with Gasteiger partial charge in [0.25, 0.3) is 0 Å². The molecule has 0 atom stereocenters. The van der Waals surface area contributed by atoms with E-state index >= 15 is 0 Å². The van der Waals surface area contributed by atoms with Crippen LogP contribution in [-0.2, 0) is 28.8 Å². The Morgan fingerprint density at radius 3 is 0.553 bits per heavy atom. The standard InChI is InChI=1S/2C6H8O7.3Mg.9H2O/c2*7-3(8)1-6(13,5(11)12)2-4(9)10;;;;;;;;;;;;/h2*13H,1-2H2,(H,7,8)(H,9,10)(H,11,12);;;;9*1H2/q;;3*+2;;;;;;;;;/p-6. The minimum absolute atomic E-state index is 0. The van der Waals surface area contributed by atoms with E-state index in [1.165, 1.54) is 0 Å². The molecule has 0 aliphatic heterocycles. The fourth-order valence-corrected chi connectivity index (χ4v) is 1.37. The van der Waals surface area contributed by atoms with Gasteiger partial charge in [-0.05, 0) is 0 Å². The van der Waals surface area contributed by atoms with Crippen LogP contribution in [0.4, 0.5) is 0 Å². The summed E-state index contributed by atoms with van der Waals surface area (Å²) in [6, 6.07) is 0. The van der Waals surface area contributed by atoms with E-state index in [1.54, 1.807) is 0 Å². The summed E-state index contributed by atoms with van der Waals surface area (Å²) < 4.78 is 0. The van der Waals surface area contributed by atoms with E-state index < -0.39 is 72.7 Å². The average molecular weight is 613 g/mol. The maximum atomic E-state index is 10.1. The van der Waals surface area contributed by atoms with Crippen LogP contribution < -0.4 is 30.6 Å². The molecule has 20 N–H and O–H groups in total. The van der Waals surface area contributed by atoms with Crippen LogP contribution in [0.15, 0.2) is 0 Å². The first kappa shape index (κ1) is 90.8. The van der Waals surface area contributed by atoms with Gasteiger partial charge in [-0.1, -0.05) is 0 Å². The van der Waals surface area contributed by atoms with Gasteiger partial charge in [-0.15, -0.1) is 0 Å². The van der Waals surface area contributed by atoms with E-state index in [4.69, 9.17) is 10.2 Å². The van der Waals surface area contributed by atoms with Gasteiger partial charge in [-0.3, -0.25) is 0 Å². The largest absolute Gasteiger partial charge is 2.00 e. The summed E-state index contributed by atoms with van der Waals surface area (Å²) in [5, 5.41) is 77.9. The molecule has 0 saturated heterocycles. The second-order valence-electron chi connectivity index (χ2n) is 4.83. The molecule has 0 bridgehead atoms. The quantitative estimate of drug-likeness (QED) is 0.216. The number of carboxylic acid groups (broad SMARTS) is 6. The van der Waals surface area contributed by atoms with Gasteiger partial charge in [-0.25, -0.2) is 0 Å². The zero-order valence-corrected chi connectivity index (χ0v) is 23.5. The number of hydrogen-bond acceptors (Lipinski definition) is 14. The van der Waals surface area contributed by atoms with Gasteiger partial charge in [-0.2, -0.15) is 0 Å². The molecule has 0 aliphatic rings. The molecule has 0 rings (SSSR count). The average Bonchev–Trinajstić information content (AvgIpc) is 2.34. The van der Waals surface area contributed by atoms with Crippen LogP contribution in [0.2, 0.25) is 0 Å². The number of carboxylic acids is 6. The molecular formula is C12H28Mg3O23. The molecule has 0 aromatic rings.